The van der Waals surface area contributed by atoms with Gasteiger partial charge in [0.1, 0.15) is 6.67 Å². The van der Waals surface area contributed by atoms with Crippen molar-refractivity contribution in [3.63, 3.8) is 0 Å². The Morgan fingerprint density at radius 2 is 2.46 bits per heavy atom. The van der Waals surface area contributed by atoms with E-state index in [0.29, 0.717) is 0 Å². The first kappa shape index (κ1) is 10.4. The van der Waals surface area contributed by atoms with E-state index < -0.39 is 24.3 Å². The van der Waals surface area contributed by atoms with Crippen LogP contribution in [0.2, 0.25) is 0 Å². The molecule has 3 nitrogen and oxygen atoms in total. The Balaban J connectivity index is 2.46. The third-order valence-corrected chi connectivity index (χ3v) is 1.99. The highest BCUT2D eigenvalue weighted by atomic mass is 19.1. The normalized spacial score (nSPS) is 30.1. The molecule has 0 saturated carbocycles. The van der Waals surface area contributed by atoms with Crippen LogP contribution in [0.4, 0.5) is 8.78 Å². The molecule has 0 aliphatic carbocycles. The van der Waals surface area contributed by atoms with Crippen molar-refractivity contribution < 1.29 is 18.3 Å². The van der Waals surface area contributed by atoms with Gasteiger partial charge in [0.15, 0.2) is 0 Å². The predicted octanol–water partition coefficient (Wildman–Crippen LogP) is 0.589. The van der Waals surface area contributed by atoms with Gasteiger partial charge < -0.3 is 10.1 Å². The van der Waals surface area contributed by atoms with Crippen molar-refractivity contribution in [3.8, 4) is 0 Å². The topological polar surface area (TPSA) is 38.3 Å². The first-order valence-electron chi connectivity index (χ1n) is 4.22. The van der Waals surface area contributed by atoms with Gasteiger partial charge in [0.05, 0.1) is 19.3 Å². The van der Waals surface area contributed by atoms with Crippen molar-refractivity contribution in [2.45, 2.75) is 25.1 Å². The number of rotatable bonds is 3. The second kappa shape index (κ2) is 4.00. The number of amides is 1. The number of ether oxygens (including phenoxy) is 1. The summed E-state index contributed by atoms with van der Waals surface area (Å²) in [6.45, 7) is 0.811. The molecule has 13 heavy (non-hydrogen) atoms. The van der Waals surface area contributed by atoms with Crippen molar-refractivity contribution in [1.82, 2.24) is 5.32 Å². The fraction of sp³-hybridized carbons (Fsp3) is 0.875. The molecule has 0 aromatic heterocycles. The molecule has 1 rings (SSSR count). The van der Waals surface area contributed by atoms with E-state index in [1.54, 1.807) is 0 Å². The van der Waals surface area contributed by atoms with Crippen molar-refractivity contribution in [2.75, 3.05) is 19.9 Å². The maximum atomic E-state index is 13.5. The molecule has 76 valence electrons. The molecule has 1 N–H and O–H groups in total. The Morgan fingerprint density at radius 3 is 2.92 bits per heavy atom. The van der Waals surface area contributed by atoms with E-state index >= 15 is 0 Å². The van der Waals surface area contributed by atoms with Crippen molar-refractivity contribution in [3.05, 3.63) is 0 Å². The fourth-order valence-electron chi connectivity index (χ4n) is 1.11. The monoisotopic (exact) mass is 193 g/mol. The summed E-state index contributed by atoms with van der Waals surface area (Å²) in [7, 11) is 0. The van der Waals surface area contributed by atoms with Crippen molar-refractivity contribution in [2.24, 2.45) is 0 Å². The van der Waals surface area contributed by atoms with E-state index in [-0.39, 0.29) is 19.6 Å². The van der Waals surface area contributed by atoms with Crippen LogP contribution in [0.25, 0.3) is 0 Å². The molecule has 5 heteroatoms. The quantitative estimate of drug-likeness (QED) is 0.712. The van der Waals surface area contributed by atoms with Gasteiger partial charge in [-0.2, -0.15) is 0 Å². The molecule has 1 saturated heterocycles. The van der Waals surface area contributed by atoms with Gasteiger partial charge in [-0.15, -0.1) is 0 Å². The SMILES string of the molecule is CC(CF)NC(=O)C1(F)CCOC1. The van der Waals surface area contributed by atoms with Gasteiger partial charge in [0, 0.05) is 6.42 Å². The lowest BCUT2D eigenvalue weighted by Gasteiger charge is -2.18. The zero-order valence-corrected chi connectivity index (χ0v) is 7.48. The van der Waals surface area contributed by atoms with Gasteiger partial charge in [-0.05, 0) is 6.92 Å². The molecule has 1 amide bonds. The summed E-state index contributed by atoms with van der Waals surface area (Å²) in [6, 6.07) is -0.638. The van der Waals surface area contributed by atoms with Crippen molar-refractivity contribution in [1.29, 1.82) is 0 Å². The molecule has 1 heterocycles. The van der Waals surface area contributed by atoms with Crippen LogP contribution in [0.5, 0.6) is 0 Å². The van der Waals surface area contributed by atoms with Crippen molar-refractivity contribution >= 4 is 5.91 Å². The molecule has 0 radical (unpaired) electrons. The van der Waals surface area contributed by atoms with E-state index in [2.05, 4.69) is 5.32 Å². The van der Waals surface area contributed by atoms with Crippen LogP contribution in [0.15, 0.2) is 0 Å². The zero-order chi connectivity index (χ0) is 9.90. The molecule has 2 unspecified atom stereocenters. The molecule has 0 aromatic carbocycles. The minimum Gasteiger partial charge on any atom is -0.377 e. The van der Waals surface area contributed by atoms with Crippen LogP contribution in [0.3, 0.4) is 0 Å². The number of alkyl halides is 2. The Kier molecular flexibility index (Phi) is 3.19. The maximum Gasteiger partial charge on any atom is 0.260 e. The number of hydrogen-bond donors (Lipinski definition) is 1. The summed E-state index contributed by atoms with van der Waals surface area (Å²) in [5.74, 6) is -0.768. The molecular weight excluding hydrogens is 180 g/mol. The van der Waals surface area contributed by atoms with Gasteiger partial charge in [0.2, 0.25) is 5.67 Å². The zero-order valence-electron chi connectivity index (χ0n) is 7.48. The number of nitrogens with one attached hydrogen (secondary N) is 1. The van der Waals surface area contributed by atoms with Crippen LogP contribution in [0, 0.1) is 0 Å². The molecule has 0 spiro atoms. The molecular formula is C8H13F2NO2. The van der Waals surface area contributed by atoms with E-state index in [4.69, 9.17) is 4.74 Å². The van der Waals surface area contributed by atoms with Crippen LogP contribution in [0.1, 0.15) is 13.3 Å². The molecule has 0 aromatic rings. The minimum absolute atomic E-state index is 0.0534. The maximum absolute atomic E-state index is 13.5. The Bertz CT molecular complexity index is 193. The Hall–Kier alpha value is -0.710. The molecule has 1 aliphatic rings. The standard InChI is InChI=1S/C8H13F2NO2/c1-6(4-9)11-7(12)8(10)2-3-13-5-8/h6H,2-5H2,1H3,(H,11,12). The highest BCUT2D eigenvalue weighted by molar-refractivity contribution is 5.85. The number of carbonyl (C=O) groups is 1. The van der Waals surface area contributed by atoms with E-state index in [9.17, 15) is 13.6 Å². The Labute approximate surface area is 75.4 Å². The van der Waals surface area contributed by atoms with Gasteiger partial charge in [-0.25, -0.2) is 8.78 Å². The van der Waals surface area contributed by atoms with Gasteiger partial charge in [-0.1, -0.05) is 0 Å². The van der Waals surface area contributed by atoms with Gasteiger partial charge in [0.25, 0.3) is 5.91 Å². The third-order valence-electron chi connectivity index (χ3n) is 1.99. The first-order valence-corrected chi connectivity index (χ1v) is 4.22. The summed E-state index contributed by atoms with van der Waals surface area (Å²) in [4.78, 5) is 11.2. The summed E-state index contributed by atoms with van der Waals surface area (Å²) in [5.41, 5.74) is -1.95. The highest BCUT2D eigenvalue weighted by Crippen LogP contribution is 2.23. The summed E-state index contributed by atoms with van der Waals surface area (Å²) in [5, 5.41) is 2.24. The highest BCUT2D eigenvalue weighted by Gasteiger charge is 2.42. The third kappa shape index (κ3) is 2.37. The second-order valence-electron chi connectivity index (χ2n) is 3.30. The average molecular weight is 193 g/mol. The summed E-state index contributed by atoms with van der Waals surface area (Å²) >= 11 is 0. The van der Waals surface area contributed by atoms with Crippen LogP contribution in [-0.2, 0) is 9.53 Å². The summed E-state index contributed by atoms with van der Waals surface area (Å²) in [6.07, 6.45) is 0.0534. The lowest BCUT2D eigenvalue weighted by atomic mass is 10.0. The van der Waals surface area contributed by atoms with Crippen LogP contribution < -0.4 is 5.32 Å². The minimum atomic E-state index is -1.95. The number of hydrogen-bond acceptors (Lipinski definition) is 2. The largest absolute Gasteiger partial charge is 0.377 e. The van der Waals surface area contributed by atoms with E-state index in [0.717, 1.165) is 0 Å². The number of halogens is 2. The average Bonchev–Trinajstić information content (AvgIpc) is 2.53. The van der Waals surface area contributed by atoms with Crippen LogP contribution >= 0.6 is 0 Å². The smallest absolute Gasteiger partial charge is 0.260 e. The fourth-order valence-corrected chi connectivity index (χ4v) is 1.11. The molecule has 0 bridgehead atoms. The first-order chi connectivity index (χ1) is 6.08. The van der Waals surface area contributed by atoms with E-state index in [1.807, 2.05) is 0 Å². The van der Waals surface area contributed by atoms with Gasteiger partial charge in [-0.3, -0.25) is 4.79 Å². The number of carbonyl (C=O) groups excluding carboxylic acids is 1. The Morgan fingerprint density at radius 1 is 1.77 bits per heavy atom. The molecule has 1 fully saturated rings. The lowest BCUT2D eigenvalue weighted by molar-refractivity contribution is -0.133. The van der Waals surface area contributed by atoms with Crippen LogP contribution in [-0.4, -0.2) is 37.5 Å². The predicted molar refractivity (Wildman–Crippen MR) is 42.9 cm³/mol. The molecule has 1 aliphatic heterocycles. The second-order valence-corrected chi connectivity index (χ2v) is 3.30. The van der Waals surface area contributed by atoms with Gasteiger partial charge >= 0.3 is 0 Å². The van der Waals surface area contributed by atoms with E-state index in [1.165, 1.54) is 6.92 Å². The lowest BCUT2D eigenvalue weighted by Crippen LogP contribution is -2.47. The summed E-state index contributed by atoms with van der Waals surface area (Å²) < 4.78 is 30.3. The molecule has 2 atom stereocenters.